The molecule has 1 amide bonds. The number of hydrogen-bond acceptors (Lipinski definition) is 4. The van der Waals surface area contributed by atoms with Crippen molar-refractivity contribution in [1.29, 1.82) is 0 Å². The van der Waals surface area contributed by atoms with Crippen LogP contribution >= 0.6 is 0 Å². The number of nitrogens with two attached hydrogens (primary N) is 1. The SMILES string of the molecule is CN(CCCN)C(=O)CN1CCC(CO)C1. The zero-order chi connectivity index (χ0) is 12.0. The molecule has 94 valence electrons. The number of hydrogen-bond donors (Lipinski definition) is 2. The van der Waals surface area contributed by atoms with Crippen molar-refractivity contribution in [2.45, 2.75) is 12.8 Å². The molecule has 0 aromatic carbocycles. The summed E-state index contributed by atoms with van der Waals surface area (Å²) >= 11 is 0. The van der Waals surface area contributed by atoms with E-state index >= 15 is 0 Å². The van der Waals surface area contributed by atoms with Crippen LogP contribution < -0.4 is 5.73 Å². The van der Waals surface area contributed by atoms with Crippen molar-refractivity contribution < 1.29 is 9.90 Å². The molecule has 0 saturated carbocycles. The van der Waals surface area contributed by atoms with Gasteiger partial charge in [-0.05, 0) is 31.8 Å². The van der Waals surface area contributed by atoms with Crippen molar-refractivity contribution >= 4 is 5.91 Å². The zero-order valence-corrected chi connectivity index (χ0v) is 10.1. The maximum absolute atomic E-state index is 11.8. The number of carbonyl (C=O) groups excluding carboxylic acids is 1. The van der Waals surface area contributed by atoms with Crippen LogP contribution in [0.4, 0.5) is 0 Å². The number of likely N-dealkylation sites (N-methyl/N-ethyl adjacent to an activating group) is 1. The van der Waals surface area contributed by atoms with Crippen molar-refractivity contribution in [1.82, 2.24) is 9.80 Å². The van der Waals surface area contributed by atoms with Gasteiger partial charge in [0.2, 0.25) is 5.91 Å². The van der Waals surface area contributed by atoms with E-state index in [9.17, 15) is 4.79 Å². The van der Waals surface area contributed by atoms with Crippen LogP contribution in [0.1, 0.15) is 12.8 Å². The molecule has 0 aromatic heterocycles. The van der Waals surface area contributed by atoms with Gasteiger partial charge in [0.15, 0.2) is 0 Å². The first kappa shape index (κ1) is 13.4. The smallest absolute Gasteiger partial charge is 0.236 e. The molecule has 0 radical (unpaired) electrons. The number of nitrogens with zero attached hydrogens (tertiary/aromatic N) is 2. The second-order valence-electron chi connectivity index (χ2n) is 4.53. The molecule has 1 rings (SSSR count). The molecule has 5 heteroatoms. The van der Waals surface area contributed by atoms with Gasteiger partial charge < -0.3 is 15.7 Å². The molecular formula is C11H23N3O2. The van der Waals surface area contributed by atoms with Crippen LogP contribution in [-0.4, -0.2) is 67.2 Å². The minimum Gasteiger partial charge on any atom is -0.396 e. The second-order valence-corrected chi connectivity index (χ2v) is 4.53. The summed E-state index contributed by atoms with van der Waals surface area (Å²) in [4.78, 5) is 15.6. The highest BCUT2D eigenvalue weighted by Crippen LogP contribution is 2.14. The van der Waals surface area contributed by atoms with Crippen molar-refractivity contribution in [2.24, 2.45) is 11.7 Å². The van der Waals surface area contributed by atoms with Crippen LogP contribution in [0.15, 0.2) is 0 Å². The normalized spacial score (nSPS) is 21.3. The topological polar surface area (TPSA) is 69.8 Å². The van der Waals surface area contributed by atoms with Crippen LogP contribution in [0.5, 0.6) is 0 Å². The fourth-order valence-electron chi connectivity index (χ4n) is 1.97. The van der Waals surface area contributed by atoms with Crippen molar-refractivity contribution in [2.75, 3.05) is 46.4 Å². The molecule has 5 nitrogen and oxygen atoms in total. The molecule has 1 aliphatic heterocycles. The lowest BCUT2D eigenvalue weighted by atomic mass is 10.1. The highest BCUT2D eigenvalue weighted by Gasteiger charge is 2.24. The summed E-state index contributed by atoms with van der Waals surface area (Å²) < 4.78 is 0. The highest BCUT2D eigenvalue weighted by atomic mass is 16.3. The molecular weight excluding hydrogens is 206 g/mol. The average Bonchev–Trinajstić information content (AvgIpc) is 2.73. The Kier molecular flexibility index (Phi) is 5.73. The van der Waals surface area contributed by atoms with E-state index in [2.05, 4.69) is 4.90 Å². The predicted molar refractivity (Wildman–Crippen MR) is 62.9 cm³/mol. The third kappa shape index (κ3) is 4.08. The standard InChI is InChI=1S/C11H23N3O2/c1-13(5-2-4-12)11(16)8-14-6-3-10(7-14)9-15/h10,15H,2-9,12H2,1H3. The fourth-order valence-corrected chi connectivity index (χ4v) is 1.97. The van der Waals surface area contributed by atoms with Gasteiger partial charge in [-0.15, -0.1) is 0 Å². The lowest BCUT2D eigenvalue weighted by Gasteiger charge is -2.21. The number of likely N-dealkylation sites (tertiary alicyclic amines) is 1. The van der Waals surface area contributed by atoms with E-state index < -0.39 is 0 Å². The summed E-state index contributed by atoms with van der Waals surface area (Å²) in [6.07, 6.45) is 1.85. The largest absolute Gasteiger partial charge is 0.396 e. The Morgan fingerprint density at radius 1 is 1.62 bits per heavy atom. The van der Waals surface area contributed by atoms with E-state index in [1.54, 1.807) is 4.90 Å². The van der Waals surface area contributed by atoms with Gasteiger partial charge in [0.25, 0.3) is 0 Å². The van der Waals surface area contributed by atoms with E-state index in [-0.39, 0.29) is 12.5 Å². The van der Waals surface area contributed by atoms with Gasteiger partial charge in [0.1, 0.15) is 0 Å². The van der Waals surface area contributed by atoms with E-state index in [0.717, 1.165) is 32.5 Å². The van der Waals surface area contributed by atoms with E-state index in [4.69, 9.17) is 10.8 Å². The minimum absolute atomic E-state index is 0.145. The lowest BCUT2D eigenvalue weighted by Crippen LogP contribution is -2.38. The van der Waals surface area contributed by atoms with Crippen molar-refractivity contribution in [3.05, 3.63) is 0 Å². The Balaban J connectivity index is 2.23. The maximum atomic E-state index is 11.8. The summed E-state index contributed by atoms with van der Waals surface area (Å²) in [7, 11) is 1.82. The molecule has 1 unspecified atom stereocenters. The molecule has 1 heterocycles. The molecule has 0 aliphatic carbocycles. The molecule has 0 spiro atoms. The van der Waals surface area contributed by atoms with Crippen LogP contribution in [0.2, 0.25) is 0 Å². The van der Waals surface area contributed by atoms with Gasteiger partial charge in [-0.1, -0.05) is 0 Å². The summed E-state index contributed by atoms with van der Waals surface area (Å²) in [5.41, 5.74) is 5.40. The predicted octanol–water partition coefficient (Wildman–Crippen LogP) is -0.892. The first-order valence-corrected chi connectivity index (χ1v) is 5.94. The monoisotopic (exact) mass is 229 g/mol. The Morgan fingerprint density at radius 2 is 2.38 bits per heavy atom. The van der Waals surface area contributed by atoms with E-state index in [1.807, 2.05) is 7.05 Å². The number of carbonyl (C=O) groups is 1. The van der Waals surface area contributed by atoms with Crippen molar-refractivity contribution in [3.63, 3.8) is 0 Å². The zero-order valence-electron chi connectivity index (χ0n) is 10.1. The van der Waals surface area contributed by atoms with Gasteiger partial charge in [-0.2, -0.15) is 0 Å². The second kappa shape index (κ2) is 6.83. The third-order valence-corrected chi connectivity index (χ3v) is 3.11. The van der Waals surface area contributed by atoms with E-state index in [0.29, 0.717) is 19.0 Å². The fraction of sp³-hybridized carbons (Fsp3) is 0.909. The third-order valence-electron chi connectivity index (χ3n) is 3.11. The van der Waals surface area contributed by atoms with Crippen molar-refractivity contribution in [3.8, 4) is 0 Å². The number of aliphatic hydroxyl groups excluding tert-OH is 1. The lowest BCUT2D eigenvalue weighted by molar-refractivity contribution is -0.130. The number of aliphatic hydroxyl groups is 1. The average molecular weight is 229 g/mol. The van der Waals surface area contributed by atoms with Crippen LogP contribution in [0, 0.1) is 5.92 Å². The Hall–Kier alpha value is -0.650. The highest BCUT2D eigenvalue weighted by molar-refractivity contribution is 5.78. The summed E-state index contributed by atoms with van der Waals surface area (Å²) in [5.74, 6) is 0.495. The van der Waals surface area contributed by atoms with Gasteiger partial charge in [-0.3, -0.25) is 9.69 Å². The van der Waals surface area contributed by atoms with Gasteiger partial charge >= 0.3 is 0 Å². The summed E-state index contributed by atoms with van der Waals surface area (Å²) in [5, 5.41) is 9.01. The Morgan fingerprint density at radius 3 is 2.94 bits per heavy atom. The number of amides is 1. The molecule has 1 saturated heterocycles. The van der Waals surface area contributed by atoms with Crippen LogP contribution in [-0.2, 0) is 4.79 Å². The molecule has 0 bridgehead atoms. The molecule has 3 N–H and O–H groups in total. The van der Waals surface area contributed by atoms with Crippen LogP contribution in [0.25, 0.3) is 0 Å². The molecule has 0 aromatic rings. The molecule has 1 atom stereocenters. The molecule has 16 heavy (non-hydrogen) atoms. The van der Waals surface area contributed by atoms with Gasteiger partial charge in [-0.25, -0.2) is 0 Å². The summed E-state index contributed by atoms with van der Waals surface area (Å²) in [6.45, 7) is 3.81. The first-order chi connectivity index (χ1) is 7.67. The van der Waals surface area contributed by atoms with E-state index in [1.165, 1.54) is 0 Å². The first-order valence-electron chi connectivity index (χ1n) is 5.94. The quantitative estimate of drug-likeness (QED) is 0.620. The molecule has 1 aliphatic rings. The Bertz CT molecular complexity index is 223. The minimum atomic E-state index is 0.145. The Labute approximate surface area is 97.2 Å². The summed E-state index contributed by atoms with van der Waals surface area (Å²) in [6, 6.07) is 0. The van der Waals surface area contributed by atoms with Gasteiger partial charge in [0, 0.05) is 26.7 Å². The number of rotatable bonds is 6. The molecule has 1 fully saturated rings. The van der Waals surface area contributed by atoms with Gasteiger partial charge in [0.05, 0.1) is 6.54 Å². The maximum Gasteiger partial charge on any atom is 0.236 e. The van der Waals surface area contributed by atoms with Crippen LogP contribution in [0.3, 0.4) is 0 Å².